The molecule has 0 atom stereocenters. The first-order valence-corrected chi connectivity index (χ1v) is 32.3. The van der Waals surface area contributed by atoms with E-state index in [-0.39, 0.29) is 48.7 Å². The van der Waals surface area contributed by atoms with E-state index in [1.54, 1.807) is 0 Å². The van der Waals surface area contributed by atoms with Gasteiger partial charge in [0.05, 0.1) is 48.7 Å². The van der Waals surface area contributed by atoms with Crippen LogP contribution in [0.5, 0.6) is 0 Å². The van der Waals surface area contributed by atoms with Gasteiger partial charge in [-0.1, -0.05) is 310 Å². The van der Waals surface area contributed by atoms with Gasteiger partial charge in [0, 0.05) is 0 Å². The molecule has 0 spiro atoms. The number of ether oxygens (including phenoxy) is 4. The Bertz CT molecular complexity index is 1350. The highest BCUT2D eigenvalue weighted by atomic mass is 16.5. The number of hydrogen-bond donors (Lipinski definition) is 0. The van der Waals surface area contributed by atoms with E-state index in [4.69, 9.17) is 18.9 Å². The molecule has 1 aromatic carbocycles. The second-order valence-corrected chi connectivity index (χ2v) is 22.0. The molecule has 0 bridgehead atoms. The Balaban J connectivity index is 3.05. The van der Waals surface area contributed by atoms with Gasteiger partial charge in [0.15, 0.2) is 0 Å². The first-order valence-electron chi connectivity index (χ1n) is 32.3. The van der Waals surface area contributed by atoms with Gasteiger partial charge in [0.1, 0.15) is 0 Å². The number of benzene rings is 1. The van der Waals surface area contributed by atoms with E-state index in [2.05, 4.69) is 27.7 Å². The average molecular weight is 1040 g/mol. The van der Waals surface area contributed by atoms with Crippen molar-refractivity contribution in [1.29, 1.82) is 0 Å². The molecule has 74 heavy (non-hydrogen) atoms. The van der Waals surface area contributed by atoms with Crippen molar-refractivity contribution in [2.45, 2.75) is 336 Å². The highest BCUT2D eigenvalue weighted by Crippen LogP contribution is 2.26. The zero-order valence-corrected chi connectivity index (χ0v) is 49.2. The molecular formula is C66H118O8. The average Bonchev–Trinajstić information content (AvgIpc) is 3.40. The van der Waals surface area contributed by atoms with Crippen molar-refractivity contribution in [3.05, 3.63) is 34.4 Å². The van der Waals surface area contributed by atoms with Crippen LogP contribution < -0.4 is 0 Å². The maximum Gasteiger partial charge on any atom is 0.339 e. The maximum atomic E-state index is 14.2. The topological polar surface area (TPSA) is 105 Å². The SMILES string of the molecule is CCCCCCCCCCCCCCOC(=O)c1ccc(C(=O)OCCCCCCCCCCCCCC)c(C(=O)OCCCCCCCCCCCCCC)c1C(=O)OCCCCCCCCCCCCCC. The molecule has 0 aromatic heterocycles. The Kier molecular flexibility index (Phi) is 50.0. The third-order valence-electron chi connectivity index (χ3n) is 15.0. The lowest BCUT2D eigenvalue weighted by Gasteiger charge is -2.17. The molecule has 0 N–H and O–H groups in total. The van der Waals surface area contributed by atoms with Crippen molar-refractivity contribution in [3.63, 3.8) is 0 Å². The predicted octanol–water partition coefficient (Wildman–Crippen LogP) is 21.1. The summed E-state index contributed by atoms with van der Waals surface area (Å²) >= 11 is 0. The van der Waals surface area contributed by atoms with Crippen LogP contribution in [0, 0.1) is 0 Å². The van der Waals surface area contributed by atoms with Gasteiger partial charge in [-0.2, -0.15) is 0 Å². The maximum absolute atomic E-state index is 14.2. The Morgan fingerprint density at radius 1 is 0.230 bits per heavy atom. The molecule has 0 fully saturated rings. The fourth-order valence-corrected chi connectivity index (χ4v) is 10.1. The molecule has 0 unspecified atom stereocenters. The summed E-state index contributed by atoms with van der Waals surface area (Å²) in [4.78, 5) is 56.3. The molecule has 0 aliphatic carbocycles. The van der Waals surface area contributed by atoms with Crippen LogP contribution in [-0.2, 0) is 18.9 Å². The lowest BCUT2D eigenvalue weighted by Crippen LogP contribution is -2.24. The minimum Gasteiger partial charge on any atom is -0.462 e. The van der Waals surface area contributed by atoms with Gasteiger partial charge in [0.25, 0.3) is 0 Å². The Labute approximate surface area is 456 Å². The highest BCUT2D eigenvalue weighted by molar-refractivity contribution is 6.15. The normalized spacial score (nSPS) is 11.3. The summed E-state index contributed by atoms with van der Waals surface area (Å²) in [5, 5.41) is 0. The third-order valence-corrected chi connectivity index (χ3v) is 15.0. The number of carbonyl (C=O) groups excluding carboxylic acids is 4. The largest absolute Gasteiger partial charge is 0.462 e. The molecule has 0 amide bonds. The Morgan fingerprint density at radius 3 is 0.554 bits per heavy atom. The fourth-order valence-electron chi connectivity index (χ4n) is 10.1. The molecular weight excluding hydrogens is 921 g/mol. The number of hydrogen-bond acceptors (Lipinski definition) is 8. The second-order valence-electron chi connectivity index (χ2n) is 22.0. The number of rotatable bonds is 56. The molecule has 8 nitrogen and oxygen atoms in total. The molecule has 430 valence electrons. The lowest BCUT2D eigenvalue weighted by molar-refractivity contribution is 0.0415. The van der Waals surface area contributed by atoms with Crippen molar-refractivity contribution >= 4 is 23.9 Å². The summed E-state index contributed by atoms with van der Waals surface area (Å²) < 4.78 is 23.3. The van der Waals surface area contributed by atoms with Gasteiger partial charge in [-0.15, -0.1) is 0 Å². The number of esters is 4. The van der Waals surface area contributed by atoms with Crippen LogP contribution >= 0.6 is 0 Å². The first-order chi connectivity index (χ1) is 36.4. The van der Waals surface area contributed by atoms with E-state index in [1.165, 1.54) is 230 Å². The van der Waals surface area contributed by atoms with Crippen LogP contribution in [0.2, 0.25) is 0 Å². The summed E-state index contributed by atoms with van der Waals surface area (Å²) in [7, 11) is 0. The fraction of sp³-hybridized carbons (Fsp3) is 0.848. The van der Waals surface area contributed by atoms with Crippen molar-refractivity contribution in [1.82, 2.24) is 0 Å². The predicted molar refractivity (Wildman–Crippen MR) is 312 cm³/mol. The molecule has 0 saturated carbocycles. The summed E-state index contributed by atoms with van der Waals surface area (Å²) in [5.41, 5.74) is -0.691. The van der Waals surface area contributed by atoms with E-state index in [0.29, 0.717) is 25.7 Å². The van der Waals surface area contributed by atoms with E-state index >= 15 is 0 Å². The van der Waals surface area contributed by atoms with Gasteiger partial charge in [-0.05, 0) is 37.8 Å². The molecule has 0 heterocycles. The minimum atomic E-state index is -0.821. The number of carbonyl (C=O) groups is 4. The van der Waals surface area contributed by atoms with Gasteiger partial charge in [0.2, 0.25) is 0 Å². The second kappa shape index (κ2) is 53.5. The summed E-state index contributed by atoms with van der Waals surface area (Å²) in [6.45, 7) is 9.70. The van der Waals surface area contributed by atoms with Crippen LogP contribution in [0.4, 0.5) is 0 Å². The van der Waals surface area contributed by atoms with Crippen LogP contribution in [0.25, 0.3) is 0 Å². The van der Waals surface area contributed by atoms with Gasteiger partial charge < -0.3 is 18.9 Å². The zero-order valence-electron chi connectivity index (χ0n) is 49.2. The Morgan fingerprint density at radius 2 is 0.378 bits per heavy atom. The quantitative estimate of drug-likeness (QED) is 0.0361. The van der Waals surface area contributed by atoms with Crippen molar-refractivity contribution in [3.8, 4) is 0 Å². The van der Waals surface area contributed by atoms with Crippen LogP contribution in [0.3, 0.4) is 0 Å². The molecule has 1 rings (SSSR count). The molecule has 0 radical (unpaired) electrons. The minimum absolute atomic E-state index is 0.0848. The van der Waals surface area contributed by atoms with Crippen LogP contribution in [-0.4, -0.2) is 50.3 Å². The van der Waals surface area contributed by atoms with E-state index in [9.17, 15) is 19.2 Å². The van der Waals surface area contributed by atoms with Crippen LogP contribution in [0.1, 0.15) is 377 Å². The summed E-state index contributed by atoms with van der Waals surface area (Å²) in [5.74, 6) is -3.06. The van der Waals surface area contributed by atoms with E-state index in [0.717, 1.165) is 64.2 Å². The summed E-state index contributed by atoms with van der Waals surface area (Å²) in [6.07, 6.45) is 56.9. The lowest BCUT2D eigenvalue weighted by atomic mass is 9.95. The molecule has 0 aliphatic rings. The van der Waals surface area contributed by atoms with E-state index in [1.807, 2.05) is 0 Å². The highest BCUT2D eigenvalue weighted by Gasteiger charge is 2.33. The Hall–Kier alpha value is -2.90. The molecule has 0 aliphatic heterocycles. The van der Waals surface area contributed by atoms with Gasteiger partial charge in [-0.25, -0.2) is 19.2 Å². The zero-order chi connectivity index (χ0) is 53.6. The van der Waals surface area contributed by atoms with Crippen molar-refractivity contribution in [2.75, 3.05) is 26.4 Å². The van der Waals surface area contributed by atoms with Gasteiger partial charge in [-0.3, -0.25) is 0 Å². The standard InChI is InChI=1S/C66H118O8/c1-5-9-13-17-21-25-29-33-37-41-45-49-55-71-63(67)59-53-54-60(64(68)72-56-50-46-42-38-34-30-26-22-18-14-10-6-2)62(66(70)74-58-52-48-44-40-36-32-28-24-20-16-12-8-4)61(59)65(69)73-57-51-47-43-39-35-31-27-23-19-15-11-7-3/h53-54H,5-52,55-58H2,1-4H3. The van der Waals surface area contributed by atoms with Crippen LogP contribution in [0.15, 0.2) is 12.1 Å². The van der Waals surface area contributed by atoms with Crippen molar-refractivity contribution in [2.24, 2.45) is 0 Å². The number of unbranched alkanes of at least 4 members (excludes halogenated alkanes) is 44. The third kappa shape index (κ3) is 39.5. The van der Waals surface area contributed by atoms with E-state index < -0.39 is 23.9 Å². The molecule has 0 saturated heterocycles. The first kappa shape index (κ1) is 69.1. The molecule has 1 aromatic rings. The summed E-state index contributed by atoms with van der Waals surface area (Å²) in [6, 6.07) is 2.85. The molecule has 8 heteroatoms. The van der Waals surface area contributed by atoms with Crippen molar-refractivity contribution < 1.29 is 38.1 Å². The monoisotopic (exact) mass is 1040 g/mol. The van der Waals surface area contributed by atoms with Gasteiger partial charge >= 0.3 is 23.9 Å². The smallest absolute Gasteiger partial charge is 0.339 e.